The Kier molecular flexibility index (Phi) is 5.36. The smallest absolute Gasteiger partial charge is 0.307 e. The Morgan fingerprint density at radius 3 is 2.48 bits per heavy atom. The standard InChI is InChI=1S/C25H19BrO3/c1-16-22(21-11-10-18(26)14-24(21)23(16)15-25(27)28)13-17-6-5-9-20(12-17)29-19-7-3-2-4-8-19/h2-14H,15H2,1H3,(H,27,28)/b22-13-. The van der Waals surface area contributed by atoms with E-state index in [0.29, 0.717) is 0 Å². The van der Waals surface area contributed by atoms with Gasteiger partial charge in [-0.25, -0.2) is 0 Å². The van der Waals surface area contributed by atoms with E-state index in [1.165, 1.54) is 0 Å². The molecule has 0 heterocycles. The molecule has 0 bridgehead atoms. The fraction of sp³-hybridized carbons (Fsp3) is 0.0800. The Labute approximate surface area is 178 Å². The molecule has 0 aliphatic heterocycles. The molecular formula is C25H19BrO3. The Morgan fingerprint density at radius 2 is 1.72 bits per heavy atom. The summed E-state index contributed by atoms with van der Waals surface area (Å²) >= 11 is 3.50. The second-order valence-corrected chi connectivity index (χ2v) is 7.83. The number of hydrogen-bond donors (Lipinski definition) is 1. The number of rotatable bonds is 5. The molecule has 4 heteroatoms. The molecule has 0 fully saturated rings. The number of carbonyl (C=O) groups is 1. The molecule has 0 radical (unpaired) electrons. The molecule has 4 rings (SSSR count). The van der Waals surface area contributed by atoms with Crippen LogP contribution >= 0.6 is 15.9 Å². The number of benzene rings is 3. The highest BCUT2D eigenvalue weighted by atomic mass is 79.9. The summed E-state index contributed by atoms with van der Waals surface area (Å²) in [5.41, 5.74) is 5.92. The molecule has 3 nitrogen and oxygen atoms in total. The molecule has 144 valence electrons. The minimum atomic E-state index is -0.829. The molecular weight excluding hydrogens is 428 g/mol. The van der Waals surface area contributed by atoms with E-state index in [1.807, 2.05) is 79.7 Å². The van der Waals surface area contributed by atoms with Gasteiger partial charge in [-0.15, -0.1) is 0 Å². The highest BCUT2D eigenvalue weighted by molar-refractivity contribution is 9.10. The lowest BCUT2D eigenvalue weighted by atomic mass is 10.0. The average Bonchev–Trinajstić information content (AvgIpc) is 2.94. The monoisotopic (exact) mass is 446 g/mol. The summed E-state index contributed by atoms with van der Waals surface area (Å²) in [4.78, 5) is 11.4. The van der Waals surface area contributed by atoms with E-state index < -0.39 is 5.97 Å². The Bertz CT molecular complexity index is 1140. The summed E-state index contributed by atoms with van der Waals surface area (Å²) in [6, 6.07) is 23.6. The summed E-state index contributed by atoms with van der Waals surface area (Å²) in [7, 11) is 0. The van der Waals surface area contributed by atoms with Gasteiger partial charge in [-0.05, 0) is 82.8 Å². The lowest BCUT2D eigenvalue weighted by Crippen LogP contribution is -1.96. The Hall–Kier alpha value is -3.11. The molecule has 1 N–H and O–H groups in total. The molecule has 0 amide bonds. The first-order valence-electron chi connectivity index (χ1n) is 9.28. The Balaban J connectivity index is 1.73. The van der Waals surface area contributed by atoms with Gasteiger partial charge in [0.25, 0.3) is 0 Å². The van der Waals surface area contributed by atoms with E-state index >= 15 is 0 Å². The first kappa shape index (κ1) is 19.2. The van der Waals surface area contributed by atoms with Crippen LogP contribution in [0.3, 0.4) is 0 Å². The zero-order chi connectivity index (χ0) is 20.4. The van der Waals surface area contributed by atoms with Crippen LogP contribution in [0.25, 0.3) is 17.2 Å². The van der Waals surface area contributed by atoms with Crippen LogP contribution in [0.1, 0.15) is 30.0 Å². The van der Waals surface area contributed by atoms with Crippen molar-refractivity contribution in [1.82, 2.24) is 0 Å². The third-order valence-corrected chi connectivity index (χ3v) is 5.42. The van der Waals surface area contributed by atoms with E-state index in [-0.39, 0.29) is 6.42 Å². The van der Waals surface area contributed by atoms with Crippen LogP contribution in [0.5, 0.6) is 11.5 Å². The number of allylic oxidation sites excluding steroid dienone is 2. The number of fused-ring (bicyclic) bond motifs is 1. The summed E-state index contributed by atoms with van der Waals surface area (Å²) in [6.07, 6.45) is 2.10. The van der Waals surface area contributed by atoms with Gasteiger partial charge in [0.15, 0.2) is 0 Å². The third-order valence-electron chi connectivity index (χ3n) is 4.93. The molecule has 1 aliphatic rings. The van der Waals surface area contributed by atoms with Gasteiger partial charge >= 0.3 is 5.97 Å². The highest BCUT2D eigenvalue weighted by Crippen LogP contribution is 2.44. The second kappa shape index (κ2) is 8.10. The first-order chi connectivity index (χ1) is 14.0. The number of ether oxygens (including phenoxy) is 1. The molecule has 0 atom stereocenters. The predicted octanol–water partition coefficient (Wildman–Crippen LogP) is 7.04. The second-order valence-electron chi connectivity index (χ2n) is 6.91. The molecule has 29 heavy (non-hydrogen) atoms. The van der Waals surface area contributed by atoms with Gasteiger partial charge in [-0.1, -0.05) is 52.3 Å². The van der Waals surface area contributed by atoms with Gasteiger partial charge in [0.1, 0.15) is 11.5 Å². The largest absolute Gasteiger partial charge is 0.481 e. The average molecular weight is 447 g/mol. The van der Waals surface area contributed by atoms with E-state index in [0.717, 1.165) is 49.4 Å². The first-order valence-corrected chi connectivity index (χ1v) is 10.1. The maximum absolute atomic E-state index is 11.4. The summed E-state index contributed by atoms with van der Waals surface area (Å²) in [6.45, 7) is 1.99. The molecule has 3 aromatic carbocycles. The van der Waals surface area contributed by atoms with Crippen molar-refractivity contribution in [2.24, 2.45) is 0 Å². The zero-order valence-electron chi connectivity index (χ0n) is 15.9. The number of aliphatic carboxylic acids is 1. The number of carboxylic acid groups (broad SMARTS) is 1. The number of carboxylic acids is 1. The van der Waals surface area contributed by atoms with Gasteiger partial charge in [0.05, 0.1) is 6.42 Å². The van der Waals surface area contributed by atoms with Crippen molar-refractivity contribution < 1.29 is 14.6 Å². The molecule has 0 unspecified atom stereocenters. The lowest BCUT2D eigenvalue weighted by molar-refractivity contribution is -0.135. The van der Waals surface area contributed by atoms with Crippen molar-refractivity contribution >= 4 is 39.1 Å². The van der Waals surface area contributed by atoms with Gasteiger partial charge in [-0.3, -0.25) is 4.79 Å². The molecule has 0 saturated heterocycles. The van der Waals surface area contributed by atoms with Crippen molar-refractivity contribution in [2.45, 2.75) is 13.3 Å². The minimum absolute atomic E-state index is 0.00375. The van der Waals surface area contributed by atoms with Crippen molar-refractivity contribution in [3.63, 3.8) is 0 Å². The van der Waals surface area contributed by atoms with Crippen molar-refractivity contribution in [3.05, 3.63) is 99.5 Å². The fourth-order valence-electron chi connectivity index (χ4n) is 3.59. The molecule has 1 aliphatic carbocycles. The van der Waals surface area contributed by atoms with E-state index in [1.54, 1.807) is 0 Å². The zero-order valence-corrected chi connectivity index (χ0v) is 17.4. The number of para-hydroxylation sites is 1. The number of hydrogen-bond acceptors (Lipinski definition) is 2. The molecule has 0 aromatic heterocycles. The normalized spacial score (nSPS) is 14.2. The summed E-state index contributed by atoms with van der Waals surface area (Å²) < 4.78 is 6.88. The fourth-order valence-corrected chi connectivity index (χ4v) is 3.95. The Morgan fingerprint density at radius 1 is 0.966 bits per heavy atom. The number of halogens is 1. The molecule has 0 saturated carbocycles. The predicted molar refractivity (Wildman–Crippen MR) is 120 cm³/mol. The lowest BCUT2D eigenvalue weighted by Gasteiger charge is -2.08. The van der Waals surface area contributed by atoms with E-state index in [2.05, 4.69) is 22.0 Å². The van der Waals surface area contributed by atoms with Crippen LogP contribution in [0.4, 0.5) is 0 Å². The van der Waals surface area contributed by atoms with Crippen LogP contribution in [0.15, 0.2) is 82.8 Å². The minimum Gasteiger partial charge on any atom is -0.481 e. The maximum atomic E-state index is 11.4. The van der Waals surface area contributed by atoms with Crippen LogP contribution in [0.2, 0.25) is 0 Å². The van der Waals surface area contributed by atoms with Crippen LogP contribution in [-0.2, 0) is 4.79 Å². The van der Waals surface area contributed by atoms with E-state index in [9.17, 15) is 9.90 Å². The third kappa shape index (κ3) is 4.17. The van der Waals surface area contributed by atoms with Gasteiger partial charge in [0.2, 0.25) is 0 Å². The summed E-state index contributed by atoms with van der Waals surface area (Å²) in [5.74, 6) is 0.713. The van der Waals surface area contributed by atoms with E-state index in [4.69, 9.17) is 4.74 Å². The van der Waals surface area contributed by atoms with Gasteiger partial charge in [-0.2, -0.15) is 0 Å². The maximum Gasteiger partial charge on any atom is 0.307 e. The molecule has 0 spiro atoms. The van der Waals surface area contributed by atoms with Gasteiger partial charge < -0.3 is 9.84 Å². The summed E-state index contributed by atoms with van der Waals surface area (Å²) in [5, 5.41) is 9.36. The van der Waals surface area contributed by atoms with Crippen LogP contribution in [0, 0.1) is 0 Å². The van der Waals surface area contributed by atoms with Crippen molar-refractivity contribution in [3.8, 4) is 11.5 Å². The topological polar surface area (TPSA) is 46.5 Å². The van der Waals surface area contributed by atoms with Crippen LogP contribution < -0.4 is 4.74 Å². The van der Waals surface area contributed by atoms with Gasteiger partial charge in [0, 0.05) is 4.47 Å². The van der Waals surface area contributed by atoms with Crippen molar-refractivity contribution in [1.29, 1.82) is 0 Å². The van der Waals surface area contributed by atoms with Crippen molar-refractivity contribution in [2.75, 3.05) is 0 Å². The quantitative estimate of drug-likeness (QED) is 0.456. The SMILES string of the molecule is CC1=C(CC(=O)O)c2cc(Br)ccc2/C1=C\c1cccc(Oc2ccccc2)c1. The highest BCUT2D eigenvalue weighted by Gasteiger charge is 2.25. The van der Waals surface area contributed by atoms with Crippen LogP contribution in [-0.4, -0.2) is 11.1 Å². The molecule has 3 aromatic rings.